The summed E-state index contributed by atoms with van der Waals surface area (Å²) in [5.41, 5.74) is 3.23. The van der Waals surface area contributed by atoms with Crippen LogP contribution in [-0.4, -0.2) is 14.5 Å². The molecule has 0 aliphatic carbocycles. The summed E-state index contributed by atoms with van der Waals surface area (Å²) in [7, 11) is 1.98. The lowest BCUT2D eigenvalue weighted by Gasteiger charge is -1.96. The van der Waals surface area contributed by atoms with E-state index in [0.717, 1.165) is 16.6 Å². The van der Waals surface area contributed by atoms with Crippen molar-refractivity contribution < 1.29 is 0 Å². The molecule has 2 rings (SSSR count). The number of hydrogen-bond acceptors (Lipinski definition) is 2. The molecule has 0 saturated heterocycles. The number of halogens is 1. The zero-order chi connectivity index (χ0) is 9.59. The van der Waals surface area contributed by atoms with E-state index in [4.69, 9.17) is 11.6 Å². The van der Waals surface area contributed by atoms with Crippen molar-refractivity contribution in [3.63, 3.8) is 0 Å². The van der Waals surface area contributed by atoms with Gasteiger partial charge in [-0.05, 0) is 19.4 Å². The van der Waals surface area contributed by atoms with Gasteiger partial charge in [-0.15, -0.1) is 0 Å². The third kappa shape index (κ3) is 1.04. The van der Waals surface area contributed by atoms with Crippen LogP contribution >= 0.6 is 11.6 Å². The maximum Gasteiger partial charge on any atom is 0.145 e. The second kappa shape index (κ2) is 2.70. The quantitative estimate of drug-likeness (QED) is 0.604. The van der Waals surface area contributed by atoms with Crippen LogP contribution in [0.5, 0.6) is 0 Å². The fraction of sp³-hybridized carbons (Fsp3) is 0.333. The van der Waals surface area contributed by atoms with Crippen molar-refractivity contribution in [3.8, 4) is 0 Å². The van der Waals surface area contributed by atoms with E-state index in [1.807, 2.05) is 25.5 Å². The molecule has 0 fully saturated rings. The average molecular weight is 196 g/mol. The minimum Gasteiger partial charge on any atom is -0.333 e. The molecule has 0 spiro atoms. The van der Waals surface area contributed by atoms with Gasteiger partial charge in [0.15, 0.2) is 0 Å². The van der Waals surface area contributed by atoms with Crippen molar-refractivity contribution in [2.45, 2.75) is 13.8 Å². The Kier molecular flexibility index (Phi) is 1.77. The molecule has 4 heteroatoms. The summed E-state index contributed by atoms with van der Waals surface area (Å²) in [5.74, 6) is 0. The lowest BCUT2D eigenvalue weighted by atomic mass is 10.2. The molecule has 0 bridgehead atoms. The number of fused-ring (bicyclic) bond motifs is 1. The Bertz CT molecular complexity index is 473. The first-order chi connectivity index (χ1) is 6.13. The van der Waals surface area contributed by atoms with Crippen LogP contribution < -0.4 is 0 Å². The summed E-state index contributed by atoms with van der Waals surface area (Å²) in [6.45, 7) is 4.08. The third-order valence-corrected chi connectivity index (χ3v) is 2.81. The summed E-state index contributed by atoms with van der Waals surface area (Å²) < 4.78 is 2.03. The van der Waals surface area contributed by atoms with Crippen LogP contribution in [0.4, 0.5) is 0 Å². The molecule has 13 heavy (non-hydrogen) atoms. The molecule has 0 atom stereocenters. The van der Waals surface area contributed by atoms with Gasteiger partial charge in [0.1, 0.15) is 17.1 Å². The van der Waals surface area contributed by atoms with Gasteiger partial charge in [-0.3, -0.25) is 0 Å². The van der Waals surface area contributed by atoms with Crippen LogP contribution in [0.3, 0.4) is 0 Å². The molecule has 0 saturated carbocycles. The lowest BCUT2D eigenvalue weighted by molar-refractivity contribution is 0.893. The van der Waals surface area contributed by atoms with E-state index in [9.17, 15) is 0 Å². The van der Waals surface area contributed by atoms with Gasteiger partial charge in [0.2, 0.25) is 0 Å². The highest BCUT2D eigenvalue weighted by Gasteiger charge is 2.12. The van der Waals surface area contributed by atoms with Gasteiger partial charge in [-0.1, -0.05) is 11.6 Å². The Labute approximate surface area is 81.4 Å². The fourth-order valence-electron chi connectivity index (χ4n) is 1.52. The van der Waals surface area contributed by atoms with Crippen molar-refractivity contribution in [3.05, 3.63) is 22.7 Å². The Morgan fingerprint density at radius 1 is 1.31 bits per heavy atom. The van der Waals surface area contributed by atoms with Gasteiger partial charge in [0, 0.05) is 12.7 Å². The van der Waals surface area contributed by atoms with Crippen LogP contribution in [0.15, 0.2) is 6.33 Å². The van der Waals surface area contributed by atoms with E-state index in [-0.39, 0.29) is 0 Å². The largest absolute Gasteiger partial charge is 0.333 e. The monoisotopic (exact) mass is 195 g/mol. The first-order valence-corrected chi connectivity index (χ1v) is 4.42. The van der Waals surface area contributed by atoms with E-state index in [1.54, 1.807) is 0 Å². The molecular weight excluding hydrogens is 186 g/mol. The highest BCUT2D eigenvalue weighted by Crippen LogP contribution is 2.26. The highest BCUT2D eigenvalue weighted by atomic mass is 35.5. The lowest BCUT2D eigenvalue weighted by Crippen LogP contribution is -1.92. The second-order valence-corrected chi connectivity index (χ2v) is 3.49. The number of rotatable bonds is 0. The number of aromatic nitrogens is 3. The first kappa shape index (κ1) is 8.51. The summed E-state index contributed by atoms with van der Waals surface area (Å²) in [6, 6.07) is 0. The smallest absolute Gasteiger partial charge is 0.145 e. The average Bonchev–Trinajstić information content (AvgIpc) is 2.33. The van der Waals surface area contributed by atoms with Crippen LogP contribution in [-0.2, 0) is 7.05 Å². The van der Waals surface area contributed by atoms with E-state index < -0.39 is 0 Å². The summed E-state index contributed by atoms with van der Waals surface area (Å²) >= 11 is 5.98. The molecule has 0 unspecified atom stereocenters. The Morgan fingerprint density at radius 3 is 2.62 bits per heavy atom. The molecule has 0 aliphatic heterocycles. The molecule has 0 N–H and O–H groups in total. The van der Waals surface area contributed by atoms with Gasteiger partial charge in [-0.25, -0.2) is 9.97 Å². The topological polar surface area (TPSA) is 30.7 Å². The maximum atomic E-state index is 5.98. The molecular formula is C9H10ClN3. The fourth-order valence-corrected chi connectivity index (χ4v) is 1.79. The summed E-state index contributed by atoms with van der Waals surface area (Å²) in [5, 5.41) is 1.50. The molecule has 0 aliphatic rings. The zero-order valence-electron chi connectivity index (χ0n) is 7.80. The number of nitrogens with zero attached hydrogens (tertiary/aromatic N) is 3. The first-order valence-electron chi connectivity index (χ1n) is 4.05. The second-order valence-electron chi connectivity index (χ2n) is 3.13. The molecule has 2 aromatic rings. The molecule has 3 nitrogen and oxygen atoms in total. The van der Waals surface area contributed by atoms with Crippen molar-refractivity contribution in [2.75, 3.05) is 0 Å². The molecule has 2 aromatic heterocycles. The predicted molar refractivity (Wildman–Crippen MR) is 53.0 cm³/mol. The minimum atomic E-state index is 0.534. The highest BCUT2D eigenvalue weighted by molar-refractivity contribution is 6.34. The van der Waals surface area contributed by atoms with Gasteiger partial charge < -0.3 is 4.57 Å². The van der Waals surface area contributed by atoms with Crippen LogP contribution in [0.1, 0.15) is 11.3 Å². The van der Waals surface area contributed by atoms with Crippen molar-refractivity contribution in [1.82, 2.24) is 14.5 Å². The molecule has 2 heterocycles. The van der Waals surface area contributed by atoms with Crippen molar-refractivity contribution in [1.29, 1.82) is 0 Å². The molecule has 0 radical (unpaired) electrons. The van der Waals surface area contributed by atoms with Gasteiger partial charge in [-0.2, -0.15) is 0 Å². The predicted octanol–water partition coefficient (Wildman–Crippen LogP) is 2.24. The van der Waals surface area contributed by atoms with Crippen molar-refractivity contribution in [2.24, 2.45) is 7.05 Å². The maximum absolute atomic E-state index is 5.98. The van der Waals surface area contributed by atoms with Gasteiger partial charge in [0.25, 0.3) is 0 Å². The molecule has 0 amide bonds. The van der Waals surface area contributed by atoms with Crippen molar-refractivity contribution >= 4 is 22.6 Å². The Hall–Kier alpha value is -1.09. The third-order valence-electron chi connectivity index (χ3n) is 2.52. The SMILES string of the molecule is Cc1c(C)n(C)c2ncnc(Cl)c12. The number of aryl methyl sites for hydroxylation is 2. The Morgan fingerprint density at radius 2 is 2.00 bits per heavy atom. The van der Waals surface area contributed by atoms with E-state index >= 15 is 0 Å². The summed E-state index contributed by atoms with van der Waals surface area (Å²) in [4.78, 5) is 8.15. The normalized spacial score (nSPS) is 11.1. The summed E-state index contributed by atoms with van der Waals surface area (Å²) in [6.07, 6.45) is 1.49. The molecule has 0 aromatic carbocycles. The zero-order valence-corrected chi connectivity index (χ0v) is 8.55. The van der Waals surface area contributed by atoms with Crippen LogP contribution in [0, 0.1) is 13.8 Å². The van der Waals surface area contributed by atoms with E-state index in [1.165, 1.54) is 12.0 Å². The van der Waals surface area contributed by atoms with Crippen LogP contribution in [0.25, 0.3) is 11.0 Å². The van der Waals surface area contributed by atoms with E-state index in [2.05, 4.69) is 9.97 Å². The van der Waals surface area contributed by atoms with E-state index in [0.29, 0.717) is 5.15 Å². The minimum absolute atomic E-state index is 0.534. The molecule has 68 valence electrons. The van der Waals surface area contributed by atoms with Gasteiger partial charge in [0.05, 0.1) is 5.39 Å². The Balaban J connectivity index is 3.03. The number of hydrogen-bond donors (Lipinski definition) is 0. The van der Waals surface area contributed by atoms with Crippen LogP contribution in [0.2, 0.25) is 5.15 Å². The van der Waals surface area contributed by atoms with Gasteiger partial charge >= 0.3 is 0 Å². The standard InChI is InChI=1S/C9H10ClN3/c1-5-6(2)13(3)9-7(5)8(10)11-4-12-9/h4H,1-3H3.